The molecule has 32 heavy (non-hydrogen) atoms. The van der Waals surface area contributed by atoms with Gasteiger partial charge in [-0.25, -0.2) is 4.98 Å². The van der Waals surface area contributed by atoms with Gasteiger partial charge in [-0.3, -0.25) is 9.59 Å². The first kappa shape index (κ1) is 21.3. The lowest BCUT2D eigenvalue weighted by Crippen LogP contribution is -2.13. The van der Waals surface area contributed by atoms with E-state index < -0.39 is 0 Å². The molecule has 0 saturated heterocycles. The van der Waals surface area contributed by atoms with Gasteiger partial charge >= 0.3 is 0 Å². The smallest absolute Gasteiger partial charge is 0.255 e. The van der Waals surface area contributed by atoms with Gasteiger partial charge in [-0.2, -0.15) is 0 Å². The number of aromatic nitrogens is 2. The number of H-pyrrole nitrogens is 1. The average Bonchev–Trinajstić information content (AvgIpc) is 3.18. The van der Waals surface area contributed by atoms with Gasteiger partial charge in [0, 0.05) is 30.3 Å². The van der Waals surface area contributed by atoms with Gasteiger partial charge in [0.05, 0.1) is 11.0 Å². The van der Waals surface area contributed by atoms with E-state index in [9.17, 15) is 9.59 Å². The normalized spacial score (nSPS) is 10.8. The van der Waals surface area contributed by atoms with Gasteiger partial charge in [-0.05, 0) is 73.4 Å². The SMILES string of the molecule is CC(=O)Nc1ccc(CCc2nc3ccc(C(=O)Nc4cccc(C)c4C)cc3[nH]2)cc1. The Bertz CT molecular complexity index is 1290. The Morgan fingerprint density at radius 2 is 1.72 bits per heavy atom. The van der Waals surface area contributed by atoms with Crippen LogP contribution in [0.5, 0.6) is 0 Å². The van der Waals surface area contributed by atoms with Crippen molar-refractivity contribution in [2.24, 2.45) is 0 Å². The van der Waals surface area contributed by atoms with Crippen molar-refractivity contribution in [1.82, 2.24) is 9.97 Å². The molecule has 1 aromatic heterocycles. The van der Waals surface area contributed by atoms with Crippen molar-refractivity contribution in [1.29, 1.82) is 0 Å². The largest absolute Gasteiger partial charge is 0.342 e. The molecule has 2 amide bonds. The van der Waals surface area contributed by atoms with Gasteiger partial charge in [-0.1, -0.05) is 24.3 Å². The number of amides is 2. The number of nitrogens with zero attached hydrogens (tertiary/aromatic N) is 1. The van der Waals surface area contributed by atoms with Gasteiger partial charge in [0.2, 0.25) is 5.91 Å². The van der Waals surface area contributed by atoms with Crippen LogP contribution in [0.4, 0.5) is 11.4 Å². The van der Waals surface area contributed by atoms with Crippen LogP contribution in [0.3, 0.4) is 0 Å². The zero-order valence-corrected chi connectivity index (χ0v) is 18.5. The maximum absolute atomic E-state index is 12.8. The van der Waals surface area contributed by atoms with E-state index in [-0.39, 0.29) is 11.8 Å². The third-order valence-electron chi connectivity index (χ3n) is 5.57. The summed E-state index contributed by atoms with van der Waals surface area (Å²) < 4.78 is 0. The fraction of sp³-hybridized carbons (Fsp3) is 0.192. The van der Waals surface area contributed by atoms with E-state index in [1.165, 1.54) is 6.92 Å². The number of carbonyl (C=O) groups excluding carboxylic acids is 2. The van der Waals surface area contributed by atoms with E-state index in [0.717, 1.165) is 57.8 Å². The Labute approximate surface area is 187 Å². The minimum absolute atomic E-state index is 0.0814. The molecule has 162 valence electrons. The molecule has 0 atom stereocenters. The maximum Gasteiger partial charge on any atom is 0.255 e. The number of fused-ring (bicyclic) bond motifs is 1. The highest BCUT2D eigenvalue weighted by atomic mass is 16.2. The number of hydrogen-bond donors (Lipinski definition) is 3. The Hall–Kier alpha value is -3.93. The molecule has 0 aliphatic heterocycles. The number of carbonyl (C=O) groups is 2. The summed E-state index contributed by atoms with van der Waals surface area (Å²) in [7, 11) is 0. The van der Waals surface area contributed by atoms with Crippen molar-refractivity contribution in [2.75, 3.05) is 10.6 Å². The first-order valence-electron chi connectivity index (χ1n) is 10.6. The second-order valence-electron chi connectivity index (χ2n) is 8.00. The van der Waals surface area contributed by atoms with Crippen LogP contribution in [0.1, 0.15) is 39.8 Å². The van der Waals surface area contributed by atoms with Crippen LogP contribution in [0.2, 0.25) is 0 Å². The van der Waals surface area contributed by atoms with Crippen molar-refractivity contribution in [3.8, 4) is 0 Å². The number of benzene rings is 3. The predicted molar refractivity (Wildman–Crippen MR) is 128 cm³/mol. The lowest BCUT2D eigenvalue weighted by Gasteiger charge is -2.10. The van der Waals surface area contributed by atoms with Gasteiger partial charge in [0.15, 0.2) is 0 Å². The van der Waals surface area contributed by atoms with Crippen molar-refractivity contribution in [3.05, 3.63) is 88.7 Å². The predicted octanol–water partition coefficient (Wildman–Crippen LogP) is 5.18. The summed E-state index contributed by atoms with van der Waals surface area (Å²) in [6, 6.07) is 19.2. The Balaban J connectivity index is 1.44. The molecule has 0 aliphatic rings. The molecule has 0 aliphatic carbocycles. The molecule has 6 nitrogen and oxygen atoms in total. The highest BCUT2D eigenvalue weighted by molar-refractivity contribution is 6.06. The number of hydrogen-bond acceptors (Lipinski definition) is 3. The molecule has 4 rings (SSSR count). The summed E-state index contributed by atoms with van der Waals surface area (Å²) in [6.07, 6.45) is 1.57. The number of imidazole rings is 1. The molecule has 0 fully saturated rings. The van der Waals surface area contributed by atoms with Gasteiger partial charge in [0.1, 0.15) is 5.82 Å². The fourth-order valence-corrected chi connectivity index (χ4v) is 3.62. The van der Waals surface area contributed by atoms with Crippen LogP contribution in [-0.2, 0) is 17.6 Å². The Kier molecular flexibility index (Phi) is 6.03. The second-order valence-corrected chi connectivity index (χ2v) is 8.00. The van der Waals surface area contributed by atoms with Gasteiger partial charge in [0.25, 0.3) is 5.91 Å². The monoisotopic (exact) mass is 426 g/mol. The van der Waals surface area contributed by atoms with Gasteiger partial charge < -0.3 is 15.6 Å². The van der Waals surface area contributed by atoms with Crippen molar-refractivity contribution in [2.45, 2.75) is 33.6 Å². The molecule has 0 bridgehead atoms. The standard InChI is InChI=1S/C26H26N4O2/c1-16-5-4-6-22(17(16)2)30-26(32)20-10-13-23-24(15-20)29-25(28-23)14-9-19-7-11-21(12-8-19)27-18(3)31/h4-8,10-13,15H,9,14H2,1-3H3,(H,27,31)(H,28,29)(H,30,32). The quantitative estimate of drug-likeness (QED) is 0.397. The zero-order chi connectivity index (χ0) is 22.7. The zero-order valence-electron chi connectivity index (χ0n) is 18.5. The van der Waals surface area contributed by atoms with Gasteiger partial charge in [-0.15, -0.1) is 0 Å². The summed E-state index contributed by atoms with van der Waals surface area (Å²) >= 11 is 0. The highest BCUT2D eigenvalue weighted by Crippen LogP contribution is 2.21. The molecule has 0 spiro atoms. The number of aryl methyl sites for hydroxylation is 3. The third-order valence-corrected chi connectivity index (χ3v) is 5.57. The topological polar surface area (TPSA) is 86.9 Å². The summed E-state index contributed by atoms with van der Waals surface area (Å²) in [5.74, 6) is 0.649. The van der Waals surface area contributed by atoms with E-state index in [0.29, 0.717) is 5.56 Å². The number of nitrogens with one attached hydrogen (secondary N) is 3. The average molecular weight is 427 g/mol. The molecule has 3 aromatic carbocycles. The van der Waals surface area contributed by atoms with Crippen LogP contribution >= 0.6 is 0 Å². The molecular weight excluding hydrogens is 400 g/mol. The molecule has 6 heteroatoms. The van der Waals surface area contributed by atoms with Crippen LogP contribution in [0.25, 0.3) is 11.0 Å². The number of aromatic amines is 1. The lowest BCUT2D eigenvalue weighted by atomic mass is 10.1. The minimum Gasteiger partial charge on any atom is -0.342 e. The molecule has 4 aromatic rings. The minimum atomic E-state index is -0.143. The number of rotatable bonds is 6. The first-order chi connectivity index (χ1) is 15.4. The summed E-state index contributed by atoms with van der Waals surface area (Å²) in [4.78, 5) is 31.9. The van der Waals surface area contributed by atoms with Crippen LogP contribution in [0.15, 0.2) is 60.7 Å². The van der Waals surface area contributed by atoms with Crippen LogP contribution in [0, 0.1) is 13.8 Å². The Morgan fingerprint density at radius 3 is 2.47 bits per heavy atom. The molecule has 0 radical (unpaired) electrons. The third kappa shape index (κ3) is 4.86. The van der Waals surface area contributed by atoms with E-state index in [4.69, 9.17) is 0 Å². The summed E-state index contributed by atoms with van der Waals surface area (Å²) in [6.45, 7) is 5.53. The second kappa shape index (κ2) is 9.06. The van der Waals surface area contributed by atoms with E-state index in [1.807, 2.05) is 68.4 Å². The highest BCUT2D eigenvalue weighted by Gasteiger charge is 2.11. The van der Waals surface area contributed by atoms with Crippen molar-refractivity contribution < 1.29 is 9.59 Å². The summed E-state index contributed by atoms with van der Waals surface area (Å²) in [5.41, 5.74) is 7.24. The first-order valence-corrected chi connectivity index (χ1v) is 10.6. The molecular formula is C26H26N4O2. The van der Waals surface area contributed by atoms with Crippen molar-refractivity contribution >= 4 is 34.2 Å². The van der Waals surface area contributed by atoms with Crippen LogP contribution in [-0.4, -0.2) is 21.8 Å². The molecule has 0 saturated carbocycles. The maximum atomic E-state index is 12.8. The van der Waals surface area contributed by atoms with E-state index in [1.54, 1.807) is 6.07 Å². The van der Waals surface area contributed by atoms with E-state index in [2.05, 4.69) is 20.6 Å². The Morgan fingerprint density at radius 1 is 0.938 bits per heavy atom. The molecule has 0 unspecified atom stereocenters. The lowest BCUT2D eigenvalue weighted by molar-refractivity contribution is -0.114. The summed E-state index contributed by atoms with van der Waals surface area (Å²) in [5, 5.41) is 5.77. The van der Waals surface area contributed by atoms with E-state index >= 15 is 0 Å². The fourth-order valence-electron chi connectivity index (χ4n) is 3.62. The number of anilines is 2. The molecule has 1 heterocycles. The van der Waals surface area contributed by atoms with Crippen LogP contribution < -0.4 is 10.6 Å². The molecule has 3 N–H and O–H groups in total. The van der Waals surface area contributed by atoms with Crippen molar-refractivity contribution in [3.63, 3.8) is 0 Å².